The Morgan fingerprint density at radius 1 is 0.500 bits per heavy atom. The van der Waals surface area contributed by atoms with Gasteiger partial charge in [0.15, 0.2) is 0 Å². The van der Waals surface area contributed by atoms with Gasteiger partial charge in [0.1, 0.15) is 0 Å². The van der Waals surface area contributed by atoms with Crippen molar-refractivity contribution < 1.29 is 0 Å². The zero-order chi connectivity index (χ0) is 18.8. The van der Waals surface area contributed by atoms with E-state index in [0.29, 0.717) is 0 Å². The summed E-state index contributed by atoms with van der Waals surface area (Å²) < 4.78 is 0. The third-order valence-corrected chi connectivity index (χ3v) is 7.58. The molecular formula is C24H26S2. The summed E-state index contributed by atoms with van der Waals surface area (Å²) in [5.41, 5.74) is 8.29. The quantitative estimate of drug-likeness (QED) is 0.453. The van der Waals surface area contributed by atoms with Crippen LogP contribution in [0.25, 0.3) is 0 Å². The van der Waals surface area contributed by atoms with Crippen LogP contribution in [0.3, 0.4) is 0 Å². The molecule has 0 aliphatic carbocycles. The summed E-state index contributed by atoms with van der Waals surface area (Å²) in [5.74, 6) is 0. The van der Waals surface area contributed by atoms with Gasteiger partial charge >= 0.3 is 0 Å². The Morgan fingerprint density at radius 2 is 0.923 bits per heavy atom. The molecule has 3 rings (SSSR count). The molecule has 0 N–H and O–H groups in total. The highest BCUT2D eigenvalue weighted by atomic mass is 32.2. The predicted octanol–water partition coefficient (Wildman–Crippen LogP) is 7.84. The second-order valence-corrected chi connectivity index (χ2v) is 9.17. The first-order chi connectivity index (χ1) is 12.4. The van der Waals surface area contributed by atoms with Crippen LogP contribution in [0.15, 0.2) is 68.1 Å². The molecule has 0 saturated heterocycles. The largest absolute Gasteiger partial charge is 0.0898 e. The Kier molecular flexibility index (Phi) is 5.84. The fourth-order valence-electron chi connectivity index (χ4n) is 2.94. The first-order valence-electron chi connectivity index (χ1n) is 8.96. The Balaban J connectivity index is 1.85. The van der Waals surface area contributed by atoms with Crippen LogP contribution < -0.4 is 0 Å². The average molecular weight is 379 g/mol. The van der Waals surface area contributed by atoms with Crippen LogP contribution in [-0.4, -0.2) is 0 Å². The van der Waals surface area contributed by atoms with Gasteiger partial charge in [-0.1, -0.05) is 41.7 Å². The van der Waals surface area contributed by atoms with Crippen LogP contribution in [-0.2, 0) is 0 Å². The van der Waals surface area contributed by atoms with E-state index in [1.807, 2.05) is 23.5 Å². The first kappa shape index (κ1) is 19.1. The molecule has 134 valence electrons. The summed E-state index contributed by atoms with van der Waals surface area (Å²) in [4.78, 5) is 5.28. The number of hydrogen-bond donors (Lipinski definition) is 0. The molecule has 0 aromatic heterocycles. The van der Waals surface area contributed by atoms with E-state index in [1.54, 1.807) is 0 Å². The molecule has 0 fully saturated rings. The van der Waals surface area contributed by atoms with Crippen molar-refractivity contribution in [3.8, 4) is 0 Å². The lowest BCUT2D eigenvalue weighted by molar-refractivity contribution is 1.18. The molecule has 26 heavy (non-hydrogen) atoms. The van der Waals surface area contributed by atoms with Crippen LogP contribution >= 0.6 is 23.5 Å². The van der Waals surface area contributed by atoms with Gasteiger partial charge in [-0.3, -0.25) is 0 Å². The van der Waals surface area contributed by atoms with Crippen LogP contribution in [0.1, 0.15) is 33.4 Å². The molecule has 0 saturated carbocycles. The number of rotatable bonds is 4. The minimum Gasteiger partial charge on any atom is -0.0898 e. The number of benzene rings is 3. The molecule has 2 heteroatoms. The molecule has 0 aliphatic rings. The maximum atomic E-state index is 2.30. The van der Waals surface area contributed by atoms with Gasteiger partial charge in [0.25, 0.3) is 0 Å². The van der Waals surface area contributed by atoms with Crippen molar-refractivity contribution in [2.75, 3.05) is 0 Å². The Labute approximate surface area is 166 Å². The second-order valence-electron chi connectivity index (χ2n) is 6.94. The molecule has 0 spiro atoms. The smallest absolute Gasteiger partial charge is 0.0154 e. The Bertz CT molecular complexity index is 880. The molecule has 0 nitrogen and oxygen atoms in total. The zero-order valence-corrected chi connectivity index (χ0v) is 18.1. The standard InChI is InChI=1S/C24H26S2/c1-15-10-12-23(19(5)17(15)3)25-21-8-7-9-22(14-21)26-24-13-11-16(2)18(4)20(24)6/h7-14H,1-6H3. The number of aryl methyl sites for hydroxylation is 2. The van der Waals surface area contributed by atoms with Gasteiger partial charge in [0.05, 0.1) is 0 Å². The van der Waals surface area contributed by atoms with Crippen LogP contribution in [0.5, 0.6) is 0 Å². The van der Waals surface area contributed by atoms with E-state index in [2.05, 4.69) is 90.1 Å². The SMILES string of the molecule is Cc1ccc(Sc2cccc(Sc3ccc(C)c(C)c3C)c2)c(C)c1C. The molecule has 0 heterocycles. The highest BCUT2D eigenvalue weighted by Crippen LogP contribution is 2.37. The van der Waals surface area contributed by atoms with Gasteiger partial charge in [-0.2, -0.15) is 0 Å². The van der Waals surface area contributed by atoms with Gasteiger partial charge in [0.2, 0.25) is 0 Å². The molecule has 0 unspecified atom stereocenters. The van der Waals surface area contributed by atoms with E-state index >= 15 is 0 Å². The summed E-state index contributed by atoms with van der Waals surface area (Å²) in [6.45, 7) is 13.2. The summed E-state index contributed by atoms with van der Waals surface area (Å²) in [6, 6.07) is 17.8. The predicted molar refractivity (Wildman–Crippen MR) is 116 cm³/mol. The molecule has 0 amide bonds. The lowest BCUT2D eigenvalue weighted by Gasteiger charge is -2.13. The van der Waals surface area contributed by atoms with E-state index in [1.165, 1.54) is 53.0 Å². The minimum atomic E-state index is 1.29. The monoisotopic (exact) mass is 378 g/mol. The molecule has 0 bridgehead atoms. The van der Waals surface area contributed by atoms with Crippen molar-refractivity contribution in [3.05, 3.63) is 81.9 Å². The average Bonchev–Trinajstić information content (AvgIpc) is 2.63. The second kappa shape index (κ2) is 7.94. The van der Waals surface area contributed by atoms with Crippen molar-refractivity contribution in [3.63, 3.8) is 0 Å². The van der Waals surface area contributed by atoms with Gasteiger partial charge in [-0.15, -0.1) is 0 Å². The Morgan fingerprint density at radius 3 is 1.35 bits per heavy atom. The van der Waals surface area contributed by atoms with E-state index < -0.39 is 0 Å². The lowest BCUT2D eigenvalue weighted by atomic mass is 10.1. The van der Waals surface area contributed by atoms with Crippen molar-refractivity contribution in [1.82, 2.24) is 0 Å². The lowest BCUT2D eigenvalue weighted by Crippen LogP contribution is -1.90. The van der Waals surface area contributed by atoms with Gasteiger partial charge in [0, 0.05) is 19.6 Å². The molecule has 0 radical (unpaired) electrons. The summed E-state index contributed by atoms with van der Waals surface area (Å²) in [7, 11) is 0. The van der Waals surface area contributed by atoms with Crippen molar-refractivity contribution >= 4 is 23.5 Å². The van der Waals surface area contributed by atoms with Crippen LogP contribution in [0.2, 0.25) is 0 Å². The molecule has 0 aliphatic heterocycles. The topological polar surface area (TPSA) is 0 Å². The minimum absolute atomic E-state index is 1.29. The van der Waals surface area contributed by atoms with E-state index in [-0.39, 0.29) is 0 Å². The maximum absolute atomic E-state index is 2.30. The van der Waals surface area contributed by atoms with Crippen LogP contribution in [0.4, 0.5) is 0 Å². The van der Waals surface area contributed by atoms with Crippen LogP contribution in [0, 0.1) is 41.5 Å². The maximum Gasteiger partial charge on any atom is 0.0154 e. The van der Waals surface area contributed by atoms with Gasteiger partial charge < -0.3 is 0 Å². The first-order valence-corrected chi connectivity index (χ1v) is 10.6. The Hall–Kier alpha value is -1.64. The third kappa shape index (κ3) is 4.02. The van der Waals surface area contributed by atoms with Crippen molar-refractivity contribution in [1.29, 1.82) is 0 Å². The van der Waals surface area contributed by atoms with Crippen molar-refractivity contribution in [2.45, 2.75) is 61.1 Å². The highest BCUT2D eigenvalue weighted by Gasteiger charge is 2.08. The summed E-state index contributed by atoms with van der Waals surface area (Å²) in [6.07, 6.45) is 0. The number of hydrogen-bond acceptors (Lipinski definition) is 2. The third-order valence-electron chi connectivity index (χ3n) is 5.28. The van der Waals surface area contributed by atoms with E-state index in [0.717, 1.165) is 0 Å². The zero-order valence-electron chi connectivity index (χ0n) is 16.4. The van der Waals surface area contributed by atoms with E-state index in [4.69, 9.17) is 0 Å². The fourth-order valence-corrected chi connectivity index (χ4v) is 5.07. The molecule has 3 aromatic rings. The summed E-state index contributed by atoms with van der Waals surface area (Å²) in [5, 5.41) is 0. The van der Waals surface area contributed by atoms with E-state index in [9.17, 15) is 0 Å². The van der Waals surface area contributed by atoms with Gasteiger partial charge in [-0.05, 0) is 105 Å². The fraction of sp³-hybridized carbons (Fsp3) is 0.250. The van der Waals surface area contributed by atoms with Gasteiger partial charge in [-0.25, -0.2) is 0 Å². The van der Waals surface area contributed by atoms with Crippen molar-refractivity contribution in [2.24, 2.45) is 0 Å². The molecular weight excluding hydrogens is 352 g/mol. The molecule has 3 aromatic carbocycles. The molecule has 0 atom stereocenters. The summed E-state index contributed by atoms with van der Waals surface area (Å²) >= 11 is 3.72. The highest BCUT2D eigenvalue weighted by molar-refractivity contribution is 8.00. The normalized spacial score (nSPS) is 11.0.